The minimum atomic E-state index is 0.460. The summed E-state index contributed by atoms with van der Waals surface area (Å²) in [7, 11) is 0. The highest BCUT2D eigenvalue weighted by atomic mass is 32.2. The summed E-state index contributed by atoms with van der Waals surface area (Å²) in [5.74, 6) is 1.56. The zero-order chi connectivity index (χ0) is 14.8. The molecule has 1 rings (SSSR count). The maximum absolute atomic E-state index is 5.80. The summed E-state index contributed by atoms with van der Waals surface area (Å²) in [5.41, 5.74) is 1.39. The van der Waals surface area contributed by atoms with Crippen LogP contribution in [0.4, 0.5) is 0 Å². The molecule has 0 fully saturated rings. The molecule has 0 amide bonds. The number of allylic oxidation sites excluding steroid dienone is 3. The molecule has 0 saturated carbocycles. The van der Waals surface area contributed by atoms with Crippen molar-refractivity contribution in [2.75, 3.05) is 6.61 Å². The largest absolute Gasteiger partial charge is 0.497 e. The minimum absolute atomic E-state index is 0.460. The Labute approximate surface area is 128 Å². The molecule has 0 aliphatic carbocycles. The van der Waals surface area contributed by atoms with E-state index in [-0.39, 0.29) is 0 Å². The second-order valence-corrected chi connectivity index (χ2v) is 6.09. The molecule has 0 heterocycles. The van der Waals surface area contributed by atoms with E-state index in [2.05, 4.69) is 56.5 Å². The van der Waals surface area contributed by atoms with E-state index in [9.17, 15) is 0 Å². The van der Waals surface area contributed by atoms with Crippen molar-refractivity contribution < 1.29 is 4.74 Å². The van der Waals surface area contributed by atoms with Gasteiger partial charge in [-0.15, -0.1) is 0 Å². The Morgan fingerprint density at radius 3 is 2.55 bits per heavy atom. The molecule has 1 aromatic carbocycles. The Morgan fingerprint density at radius 1 is 1.25 bits per heavy atom. The van der Waals surface area contributed by atoms with Gasteiger partial charge >= 0.3 is 0 Å². The van der Waals surface area contributed by atoms with Crippen molar-refractivity contribution in [3.8, 4) is 0 Å². The first-order valence-electron chi connectivity index (χ1n) is 7.31. The van der Waals surface area contributed by atoms with Gasteiger partial charge in [-0.1, -0.05) is 48.5 Å². The van der Waals surface area contributed by atoms with Crippen molar-refractivity contribution in [1.29, 1.82) is 0 Å². The second-order valence-electron chi connectivity index (χ2n) is 5.14. The van der Waals surface area contributed by atoms with Crippen LogP contribution in [0.2, 0.25) is 0 Å². The third kappa shape index (κ3) is 6.85. The lowest BCUT2D eigenvalue weighted by Gasteiger charge is -2.15. The Balaban J connectivity index is 2.60. The summed E-state index contributed by atoms with van der Waals surface area (Å²) in [6.45, 7) is 9.31. The Kier molecular flexibility index (Phi) is 8.20. The van der Waals surface area contributed by atoms with Gasteiger partial charge in [0.1, 0.15) is 5.76 Å². The molecule has 1 aromatic rings. The maximum Gasteiger partial charge on any atom is 0.105 e. The molecule has 0 aliphatic heterocycles. The van der Waals surface area contributed by atoms with Crippen LogP contribution in [0.1, 0.15) is 40.5 Å². The third-order valence-electron chi connectivity index (χ3n) is 3.00. The van der Waals surface area contributed by atoms with Gasteiger partial charge in [-0.2, -0.15) is 0 Å². The predicted octanol–water partition coefficient (Wildman–Crippen LogP) is 6.04. The summed E-state index contributed by atoms with van der Waals surface area (Å²) in [6, 6.07) is 10.4. The summed E-state index contributed by atoms with van der Waals surface area (Å²) in [5, 5.41) is 2.16. The van der Waals surface area contributed by atoms with Crippen LogP contribution >= 0.6 is 11.8 Å². The standard InChI is InChI=1S/C18H26OS/c1-5-19-18(16(4)11-9-10-15(2)3)14-20-17-12-7-6-8-13-17/h6-8,10,12-14,16H,5,9,11H2,1-4H3. The van der Waals surface area contributed by atoms with Crippen molar-refractivity contribution in [1.82, 2.24) is 0 Å². The van der Waals surface area contributed by atoms with Gasteiger partial charge in [0.05, 0.1) is 6.61 Å². The Bertz CT molecular complexity index is 430. The van der Waals surface area contributed by atoms with E-state index in [0.717, 1.165) is 25.2 Å². The predicted molar refractivity (Wildman–Crippen MR) is 89.8 cm³/mol. The van der Waals surface area contributed by atoms with E-state index in [1.807, 2.05) is 13.0 Å². The first-order valence-corrected chi connectivity index (χ1v) is 8.19. The molecule has 1 unspecified atom stereocenters. The first-order chi connectivity index (χ1) is 9.63. The van der Waals surface area contributed by atoms with E-state index in [0.29, 0.717) is 5.92 Å². The molecule has 1 nitrogen and oxygen atoms in total. The van der Waals surface area contributed by atoms with Crippen molar-refractivity contribution >= 4 is 11.8 Å². The lowest BCUT2D eigenvalue weighted by atomic mass is 10.0. The van der Waals surface area contributed by atoms with Crippen molar-refractivity contribution in [3.05, 3.63) is 53.1 Å². The topological polar surface area (TPSA) is 9.23 Å². The summed E-state index contributed by atoms with van der Waals surface area (Å²) in [6.07, 6.45) is 4.54. The molecule has 0 N–H and O–H groups in total. The normalized spacial score (nSPS) is 12.9. The molecule has 1 atom stereocenters. The Hall–Kier alpha value is -1.15. The molecular weight excluding hydrogens is 264 g/mol. The van der Waals surface area contributed by atoms with Gasteiger partial charge in [-0.25, -0.2) is 0 Å². The number of hydrogen-bond acceptors (Lipinski definition) is 2. The van der Waals surface area contributed by atoms with E-state index in [4.69, 9.17) is 4.74 Å². The first kappa shape index (κ1) is 16.9. The minimum Gasteiger partial charge on any atom is -0.497 e. The van der Waals surface area contributed by atoms with Crippen LogP contribution in [0.25, 0.3) is 0 Å². The van der Waals surface area contributed by atoms with Crippen LogP contribution in [0.5, 0.6) is 0 Å². The fourth-order valence-corrected chi connectivity index (χ4v) is 2.72. The third-order valence-corrected chi connectivity index (χ3v) is 3.90. The van der Waals surface area contributed by atoms with Crippen molar-refractivity contribution in [2.45, 2.75) is 45.4 Å². The van der Waals surface area contributed by atoms with Gasteiger partial charge in [0, 0.05) is 16.2 Å². The van der Waals surface area contributed by atoms with Crippen LogP contribution in [0, 0.1) is 5.92 Å². The summed E-state index contributed by atoms with van der Waals surface area (Å²) in [4.78, 5) is 1.25. The van der Waals surface area contributed by atoms with Crippen LogP contribution in [0.15, 0.2) is 58.0 Å². The quantitative estimate of drug-likeness (QED) is 0.328. The highest BCUT2D eigenvalue weighted by Crippen LogP contribution is 2.26. The average molecular weight is 290 g/mol. The summed E-state index contributed by atoms with van der Waals surface area (Å²) >= 11 is 1.73. The van der Waals surface area contributed by atoms with Gasteiger partial charge in [-0.3, -0.25) is 0 Å². The molecule has 0 aromatic heterocycles. The van der Waals surface area contributed by atoms with Gasteiger partial charge < -0.3 is 4.74 Å². The SMILES string of the molecule is CCOC(=CSc1ccccc1)C(C)CCC=C(C)C. The van der Waals surface area contributed by atoms with Crippen molar-refractivity contribution in [2.24, 2.45) is 5.92 Å². The maximum atomic E-state index is 5.80. The smallest absolute Gasteiger partial charge is 0.105 e. The molecule has 0 spiro atoms. The second kappa shape index (κ2) is 9.71. The monoisotopic (exact) mass is 290 g/mol. The number of hydrogen-bond donors (Lipinski definition) is 0. The highest BCUT2D eigenvalue weighted by molar-refractivity contribution is 8.02. The zero-order valence-corrected chi connectivity index (χ0v) is 13.9. The molecule has 0 bridgehead atoms. The number of rotatable bonds is 8. The van der Waals surface area contributed by atoms with Crippen LogP contribution in [-0.4, -0.2) is 6.61 Å². The fourth-order valence-electron chi connectivity index (χ4n) is 1.85. The lowest BCUT2D eigenvalue weighted by molar-refractivity contribution is 0.193. The van der Waals surface area contributed by atoms with E-state index < -0.39 is 0 Å². The van der Waals surface area contributed by atoms with Gasteiger partial charge in [0.2, 0.25) is 0 Å². The zero-order valence-electron chi connectivity index (χ0n) is 13.1. The lowest BCUT2D eigenvalue weighted by Crippen LogP contribution is -2.03. The van der Waals surface area contributed by atoms with Gasteiger partial charge in [-0.05, 0) is 45.7 Å². The number of benzene rings is 1. The van der Waals surface area contributed by atoms with Gasteiger partial charge in [0.25, 0.3) is 0 Å². The van der Waals surface area contributed by atoms with Gasteiger partial charge in [0.15, 0.2) is 0 Å². The number of thioether (sulfide) groups is 1. The van der Waals surface area contributed by atoms with E-state index in [1.165, 1.54) is 10.5 Å². The average Bonchev–Trinajstić information content (AvgIpc) is 2.44. The summed E-state index contributed by atoms with van der Waals surface area (Å²) < 4.78 is 5.80. The van der Waals surface area contributed by atoms with Crippen molar-refractivity contribution in [3.63, 3.8) is 0 Å². The molecule has 110 valence electrons. The van der Waals surface area contributed by atoms with E-state index >= 15 is 0 Å². The Morgan fingerprint density at radius 2 is 1.95 bits per heavy atom. The van der Waals surface area contributed by atoms with Crippen LogP contribution in [0.3, 0.4) is 0 Å². The van der Waals surface area contributed by atoms with Crippen LogP contribution in [-0.2, 0) is 4.74 Å². The molecule has 0 aliphatic rings. The molecule has 2 heteroatoms. The van der Waals surface area contributed by atoms with Crippen LogP contribution < -0.4 is 0 Å². The fraction of sp³-hybridized carbons (Fsp3) is 0.444. The molecule has 0 saturated heterocycles. The molecule has 0 radical (unpaired) electrons. The van der Waals surface area contributed by atoms with E-state index in [1.54, 1.807) is 11.8 Å². The molecule has 20 heavy (non-hydrogen) atoms. The number of ether oxygens (including phenoxy) is 1. The highest BCUT2D eigenvalue weighted by Gasteiger charge is 2.09. The molecular formula is C18H26OS.